The third-order valence-electron chi connectivity index (χ3n) is 21.9. The van der Waals surface area contributed by atoms with Crippen LogP contribution in [0.1, 0.15) is 292 Å². The van der Waals surface area contributed by atoms with Gasteiger partial charge in [0.25, 0.3) is 0 Å². The van der Waals surface area contributed by atoms with Gasteiger partial charge in [-0.1, -0.05) is 133 Å². The molecule has 8 aliphatic rings. The van der Waals surface area contributed by atoms with Crippen LogP contribution in [0.15, 0.2) is 36.4 Å². The number of likely N-dealkylation sites (tertiary alicyclic amines) is 3. The third-order valence-corrected chi connectivity index (χ3v) is 21.9. The van der Waals surface area contributed by atoms with Crippen LogP contribution in [0.3, 0.4) is 0 Å². The molecule has 2 aromatic rings. The molecule has 478 valence electrons. The highest BCUT2D eigenvalue weighted by molar-refractivity contribution is 5.38. The molecule has 3 aliphatic carbocycles. The minimum Gasteiger partial charge on any atom is -0.298 e. The molecule has 0 radical (unpaired) electrons. The second-order valence-electron chi connectivity index (χ2n) is 37.5. The van der Waals surface area contributed by atoms with E-state index in [0.29, 0.717) is 27.4 Å². The summed E-state index contributed by atoms with van der Waals surface area (Å²) in [5.41, 5.74) is 13.1. The first-order valence-corrected chi connectivity index (χ1v) is 34.7. The van der Waals surface area contributed by atoms with E-state index >= 15 is 0 Å². The van der Waals surface area contributed by atoms with Crippen molar-refractivity contribution in [3.63, 3.8) is 0 Å². The topological polar surface area (TPSA) is 16.2 Å². The fourth-order valence-electron chi connectivity index (χ4n) is 15.2. The molecular weight excluding hydrogens is 1010 g/mol. The normalized spacial score (nSPS) is 25.8. The first-order chi connectivity index (χ1) is 37.7. The lowest BCUT2D eigenvalue weighted by Crippen LogP contribution is -2.53. The smallest absolute Gasteiger partial charge is 0.0241 e. The van der Waals surface area contributed by atoms with E-state index in [1.807, 2.05) is 13.8 Å². The highest BCUT2D eigenvalue weighted by Gasteiger charge is 2.50. The Labute approximate surface area is 518 Å². The van der Waals surface area contributed by atoms with Gasteiger partial charge in [-0.05, 0) is 284 Å². The van der Waals surface area contributed by atoms with Crippen LogP contribution in [0, 0.1) is 51.8 Å². The van der Waals surface area contributed by atoms with Crippen molar-refractivity contribution in [1.82, 2.24) is 24.5 Å². The molecule has 3 saturated carbocycles. The SMILES string of the molecule is CC.CC(C)(C)C1CC2(CCN(C(C)(C)C)CC2)C1.CC(C)(C)C1CC2CN(C(C)(C)C)CC2C1.CC(C)(C)N1CC2CCC(C2)C1.CC(C)(C)c1ccc2c(c1)CCN(C(C)(C)C)C2.CC(C)(C)c1ccc2c(c1)CN(C(C)(C)C)CC2. The summed E-state index contributed by atoms with van der Waals surface area (Å²) in [5.74, 6) is 5.98. The molecule has 5 nitrogen and oxygen atoms in total. The molecule has 5 aliphatic heterocycles. The van der Waals surface area contributed by atoms with Crippen LogP contribution in [0.4, 0.5) is 0 Å². The van der Waals surface area contributed by atoms with E-state index in [1.165, 1.54) is 145 Å². The quantitative estimate of drug-likeness (QED) is 0.261. The number of nitrogens with zero attached hydrogens (tertiary/aromatic N) is 5. The van der Waals surface area contributed by atoms with E-state index in [2.05, 4.69) is 248 Å². The molecule has 0 N–H and O–H groups in total. The average Bonchev–Trinajstić information content (AvgIpc) is 4.06. The van der Waals surface area contributed by atoms with Crippen LogP contribution in [0.5, 0.6) is 0 Å². The van der Waals surface area contributed by atoms with Gasteiger partial charge in [-0.2, -0.15) is 0 Å². The van der Waals surface area contributed by atoms with Crippen molar-refractivity contribution in [3.8, 4) is 0 Å². The highest BCUT2D eigenvalue weighted by Crippen LogP contribution is 2.58. The van der Waals surface area contributed by atoms with Crippen molar-refractivity contribution in [1.29, 1.82) is 0 Å². The Hall–Kier alpha value is -1.76. The molecule has 2 bridgehead atoms. The molecule has 83 heavy (non-hydrogen) atoms. The average molecular weight is 1150 g/mol. The van der Waals surface area contributed by atoms with E-state index < -0.39 is 0 Å². The molecule has 10 rings (SSSR count). The van der Waals surface area contributed by atoms with Gasteiger partial charge in [0.1, 0.15) is 0 Å². The van der Waals surface area contributed by atoms with Crippen molar-refractivity contribution in [3.05, 3.63) is 69.8 Å². The molecule has 4 atom stereocenters. The predicted molar refractivity (Wildman–Crippen MR) is 367 cm³/mol. The number of hydrogen-bond acceptors (Lipinski definition) is 5. The molecule has 6 fully saturated rings. The number of rotatable bonds is 0. The van der Waals surface area contributed by atoms with Gasteiger partial charge in [0.2, 0.25) is 0 Å². The standard InChI is InChI=1S/2C17H27N.C16H31N.C15H29N.C11H21N.C2H6/c1-16(2,3)15-8-7-14-12-18(17(4,5)6)10-9-13(14)11-15;1-16(2,3)15-8-7-13-9-10-18(17(4,5)6)12-14(13)11-15;1-14(2,3)13-11-16(12-13)7-9-17(10-8-16)15(4,5)6;1-14(2,3)13-7-11-9-16(15(4,5)6)10-12(11)8-13;1-11(2,3)12-7-9-4-5-10(6-9)8-12;1-2/h2*7-8,11H,9-10,12H2,1-6H3;13H,7-12H2,1-6H3;11-13H,7-10H2,1-6H3;9-10H,4-8H2,1-3H3;1-2H3. The molecule has 5 heterocycles. The molecule has 5 heteroatoms. The minimum absolute atomic E-state index is 0.249. The summed E-state index contributed by atoms with van der Waals surface area (Å²) in [4.78, 5) is 13.2. The second kappa shape index (κ2) is 27.1. The summed E-state index contributed by atoms with van der Waals surface area (Å²) in [6, 6.07) is 14.2. The Kier molecular flexibility index (Phi) is 23.5. The van der Waals surface area contributed by atoms with Crippen LogP contribution in [0.2, 0.25) is 0 Å². The zero-order valence-corrected chi connectivity index (χ0v) is 61.0. The lowest BCUT2D eigenvalue weighted by atomic mass is 9.51. The molecule has 3 saturated heterocycles. The van der Waals surface area contributed by atoms with Crippen molar-refractivity contribution in [2.45, 2.75) is 323 Å². The van der Waals surface area contributed by atoms with Crippen molar-refractivity contribution in [2.75, 3.05) is 52.4 Å². The number of piperidine rings is 2. The summed E-state index contributed by atoms with van der Waals surface area (Å²) in [6.07, 6.45) is 15.7. The van der Waals surface area contributed by atoms with Gasteiger partial charge in [-0.15, -0.1) is 0 Å². The number of hydrogen-bond donors (Lipinski definition) is 0. The van der Waals surface area contributed by atoms with E-state index in [0.717, 1.165) is 54.0 Å². The molecular formula is C78H141N5. The molecule has 4 unspecified atom stereocenters. The lowest BCUT2D eigenvalue weighted by Gasteiger charge is -2.57. The van der Waals surface area contributed by atoms with Crippen LogP contribution in [0.25, 0.3) is 0 Å². The Morgan fingerprint density at radius 1 is 0.361 bits per heavy atom. The van der Waals surface area contributed by atoms with Crippen LogP contribution < -0.4 is 0 Å². The van der Waals surface area contributed by atoms with Crippen LogP contribution >= 0.6 is 0 Å². The number of benzene rings is 2. The van der Waals surface area contributed by atoms with E-state index in [-0.39, 0.29) is 21.9 Å². The second-order valence-corrected chi connectivity index (χ2v) is 37.5. The maximum absolute atomic E-state index is 2.70. The van der Waals surface area contributed by atoms with Crippen molar-refractivity contribution in [2.24, 2.45) is 51.8 Å². The Bertz CT molecular complexity index is 2240. The predicted octanol–water partition coefficient (Wildman–Crippen LogP) is 19.9. The summed E-state index contributed by atoms with van der Waals surface area (Å²) >= 11 is 0. The van der Waals surface area contributed by atoms with Crippen molar-refractivity contribution < 1.29 is 0 Å². The van der Waals surface area contributed by atoms with Gasteiger partial charge in [-0.3, -0.25) is 24.5 Å². The first-order valence-electron chi connectivity index (χ1n) is 34.7. The first kappa shape index (κ1) is 72.0. The molecule has 2 aromatic carbocycles. The summed E-state index contributed by atoms with van der Waals surface area (Å²) < 4.78 is 0. The van der Waals surface area contributed by atoms with Crippen LogP contribution in [-0.2, 0) is 36.8 Å². The van der Waals surface area contributed by atoms with E-state index in [9.17, 15) is 0 Å². The fraction of sp³-hybridized carbons (Fsp3) is 0.846. The third kappa shape index (κ3) is 20.4. The van der Waals surface area contributed by atoms with Gasteiger partial charge < -0.3 is 0 Å². The van der Waals surface area contributed by atoms with Gasteiger partial charge in [0, 0.05) is 80.1 Å². The summed E-state index contributed by atoms with van der Waals surface area (Å²) in [7, 11) is 0. The molecule has 0 amide bonds. The van der Waals surface area contributed by atoms with Gasteiger partial charge in [-0.25, -0.2) is 0 Å². The minimum atomic E-state index is 0.249. The van der Waals surface area contributed by atoms with Gasteiger partial charge in [0.15, 0.2) is 0 Å². The van der Waals surface area contributed by atoms with Gasteiger partial charge in [0.05, 0.1) is 0 Å². The lowest BCUT2D eigenvalue weighted by molar-refractivity contribution is -0.0701. The Morgan fingerprint density at radius 2 is 0.723 bits per heavy atom. The zero-order valence-electron chi connectivity index (χ0n) is 61.0. The monoisotopic (exact) mass is 1150 g/mol. The maximum atomic E-state index is 2.70. The van der Waals surface area contributed by atoms with E-state index in [1.54, 1.807) is 11.1 Å². The largest absolute Gasteiger partial charge is 0.298 e. The Morgan fingerprint density at radius 3 is 1.11 bits per heavy atom. The molecule has 0 aromatic heterocycles. The fourth-order valence-corrected chi connectivity index (χ4v) is 15.2. The summed E-state index contributed by atoms with van der Waals surface area (Å²) in [6.45, 7) is 79.9. The number of fused-ring (bicyclic) bond motifs is 5. The summed E-state index contributed by atoms with van der Waals surface area (Å²) in [5, 5.41) is 0. The van der Waals surface area contributed by atoms with Crippen molar-refractivity contribution >= 4 is 0 Å². The van der Waals surface area contributed by atoms with E-state index in [4.69, 9.17) is 0 Å². The van der Waals surface area contributed by atoms with Crippen LogP contribution in [-0.4, -0.2) is 105 Å². The van der Waals surface area contributed by atoms with Gasteiger partial charge >= 0.3 is 0 Å². The zero-order chi connectivity index (χ0) is 62.9. The molecule has 1 spiro atoms. The maximum Gasteiger partial charge on any atom is 0.0241 e. The highest BCUT2D eigenvalue weighted by atomic mass is 15.2. The Balaban J connectivity index is 0.000000189.